The van der Waals surface area contributed by atoms with Gasteiger partial charge in [0.2, 0.25) is 0 Å². The molecular formula is C16H15N3O3S. The molecular weight excluding hydrogens is 314 g/mol. The Morgan fingerprint density at radius 1 is 1.35 bits per heavy atom. The Hall–Kier alpha value is -2.67. The van der Waals surface area contributed by atoms with Crippen molar-refractivity contribution in [3.8, 4) is 5.75 Å². The number of hydrogen-bond donors (Lipinski definition) is 2. The van der Waals surface area contributed by atoms with Crippen LogP contribution in [-0.4, -0.2) is 20.6 Å². The fourth-order valence-electron chi connectivity index (χ4n) is 1.97. The first kappa shape index (κ1) is 15.2. The number of thioether (sulfide) groups is 1. The van der Waals surface area contributed by atoms with Gasteiger partial charge in [-0.2, -0.15) is 0 Å². The molecule has 0 spiro atoms. The van der Waals surface area contributed by atoms with E-state index >= 15 is 0 Å². The van der Waals surface area contributed by atoms with Gasteiger partial charge in [-0.3, -0.25) is 4.79 Å². The molecule has 7 heteroatoms. The molecule has 1 aromatic carbocycles. The van der Waals surface area contributed by atoms with E-state index in [2.05, 4.69) is 10.3 Å². The summed E-state index contributed by atoms with van der Waals surface area (Å²) in [5, 5.41) is 13.2. The van der Waals surface area contributed by atoms with Crippen molar-refractivity contribution in [1.29, 1.82) is 0 Å². The second kappa shape index (κ2) is 6.62. The average Bonchev–Trinajstić information content (AvgIpc) is 3.16. The van der Waals surface area contributed by atoms with Gasteiger partial charge in [-0.05, 0) is 24.3 Å². The number of furan rings is 1. The van der Waals surface area contributed by atoms with Crippen LogP contribution in [0.25, 0.3) is 0 Å². The van der Waals surface area contributed by atoms with E-state index in [0.29, 0.717) is 17.2 Å². The summed E-state index contributed by atoms with van der Waals surface area (Å²) in [5.74, 6) is 1.07. The molecule has 0 atom stereocenters. The lowest BCUT2D eigenvalue weighted by atomic mass is 10.3. The summed E-state index contributed by atoms with van der Waals surface area (Å²) in [6, 6.07) is 9.91. The highest BCUT2D eigenvalue weighted by atomic mass is 32.2. The van der Waals surface area contributed by atoms with Gasteiger partial charge in [0.05, 0.1) is 11.4 Å². The van der Waals surface area contributed by atoms with E-state index in [9.17, 15) is 9.90 Å². The number of aromatic hydroxyl groups is 1. The summed E-state index contributed by atoms with van der Waals surface area (Å²) in [6.45, 7) is 0. The Morgan fingerprint density at radius 3 is 2.91 bits per heavy atom. The molecule has 0 unspecified atom stereocenters. The first-order chi connectivity index (χ1) is 11.1. The summed E-state index contributed by atoms with van der Waals surface area (Å²) in [7, 11) is 1.92. The zero-order chi connectivity index (χ0) is 16.2. The van der Waals surface area contributed by atoms with E-state index in [1.807, 2.05) is 17.8 Å². The van der Waals surface area contributed by atoms with E-state index in [1.54, 1.807) is 36.5 Å². The number of nitrogens with one attached hydrogen (secondary N) is 1. The van der Waals surface area contributed by atoms with Gasteiger partial charge in [-0.1, -0.05) is 23.9 Å². The molecule has 0 aliphatic rings. The van der Waals surface area contributed by atoms with Gasteiger partial charge in [0.15, 0.2) is 10.9 Å². The lowest BCUT2D eigenvalue weighted by molar-refractivity contribution is 0.0995. The Kier molecular flexibility index (Phi) is 4.38. The molecule has 0 saturated carbocycles. The number of hydrogen-bond acceptors (Lipinski definition) is 5. The van der Waals surface area contributed by atoms with Crippen LogP contribution in [0.4, 0.5) is 5.69 Å². The highest BCUT2D eigenvalue weighted by Gasteiger charge is 2.13. The average molecular weight is 329 g/mol. The monoisotopic (exact) mass is 329 g/mol. The van der Waals surface area contributed by atoms with Gasteiger partial charge in [0.25, 0.3) is 5.91 Å². The molecule has 2 heterocycles. The van der Waals surface area contributed by atoms with Crippen LogP contribution in [0.1, 0.15) is 16.3 Å². The number of amides is 1. The van der Waals surface area contributed by atoms with Gasteiger partial charge in [0.1, 0.15) is 11.5 Å². The standard InChI is InChI=1S/C16H15N3O3S/c1-19-9-8-17-16(19)23-10-11-6-7-14(22-11)15(21)18-12-4-2-3-5-13(12)20/h2-9,20H,10H2,1H3,(H,18,21). The molecule has 2 N–H and O–H groups in total. The Balaban J connectivity index is 1.63. The van der Waals surface area contributed by atoms with E-state index < -0.39 is 5.91 Å². The van der Waals surface area contributed by atoms with Crippen molar-refractivity contribution in [2.75, 3.05) is 5.32 Å². The molecule has 0 saturated heterocycles. The predicted molar refractivity (Wildman–Crippen MR) is 87.5 cm³/mol. The molecule has 0 fully saturated rings. The number of carbonyl (C=O) groups excluding carboxylic acids is 1. The minimum absolute atomic E-state index is 0.0120. The third kappa shape index (κ3) is 3.57. The summed E-state index contributed by atoms with van der Waals surface area (Å²) < 4.78 is 7.46. The van der Waals surface area contributed by atoms with E-state index in [-0.39, 0.29) is 11.5 Å². The number of carbonyl (C=O) groups is 1. The summed E-state index contributed by atoms with van der Waals surface area (Å²) in [5.41, 5.74) is 0.345. The number of rotatable bonds is 5. The molecule has 0 bridgehead atoms. The van der Waals surface area contributed by atoms with Crippen LogP contribution in [0, 0.1) is 0 Å². The maximum absolute atomic E-state index is 12.1. The second-order valence-electron chi connectivity index (χ2n) is 4.85. The fourth-order valence-corrected chi connectivity index (χ4v) is 2.79. The lowest BCUT2D eigenvalue weighted by Gasteiger charge is -2.05. The SMILES string of the molecule is Cn1ccnc1SCc1ccc(C(=O)Nc2ccccc2O)o1. The Morgan fingerprint density at radius 2 is 2.17 bits per heavy atom. The highest BCUT2D eigenvalue weighted by Crippen LogP contribution is 2.24. The van der Waals surface area contributed by atoms with Crippen molar-refractivity contribution in [2.45, 2.75) is 10.9 Å². The van der Waals surface area contributed by atoms with Crippen molar-refractivity contribution in [3.63, 3.8) is 0 Å². The fraction of sp³-hybridized carbons (Fsp3) is 0.125. The molecule has 0 aliphatic heterocycles. The lowest BCUT2D eigenvalue weighted by Crippen LogP contribution is -2.10. The zero-order valence-electron chi connectivity index (χ0n) is 12.4. The first-order valence-electron chi connectivity index (χ1n) is 6.91. The van der Waals surface area contributed by atoms with E-state index in [1.165, 1.54) is 17.8 Å². The number of anilines is 1. The molecule has 23 heavy (non-hydrogen) atoms. The number of aromatic nitrogens is 2. The molecule has 1 amide bonds. The molecule has 0 radical (unpaired) electrons. The second-order valence-corrected chi connectivity index (χ2v) is 5.79. The molecule has 3 aromatic rings. The summed E-state index contributed by atoms with van der Waals surface area (Å²) in [6.07, 6.45) is 3.60. The molecule has 6 nitrogen and oxygen atoms in total. The van der Waals surface area contributed by atoms with Gasteiger partial charge < -0.3 is 19.4 Å². The largest absolute Gasteiger partial charge is 0.506 e. The van der Waals surface area contributed by atoms with Crippen LogP contribution in [0.3, 0.4) is 0 Å². The van der Waals surface area contributed by atoms with Gasteiger partial charge in [-0.25, -0.2) is 4.98 Å². The molecule has 2 aromatic heterocycles. The van der Waals surface area contributed by atoms with Crippen LogP contribution in [0.5, 0.6) is 5.75 Å². The Labute approximate surface area is 137 Å². The van der Waals surface area contributed by atoms with E-state index in [0.717, 1.165) is 5.16 Å². The van der Waals surface area contributed by atoms with Crippen molar-refractivity contribution in [1.82, 2.24) is 9.55 Å². The maximum atomic E-state index is 12.1. The van der Waals surface area contributed by atoms with Gasteiger partial charge in [-0.15, -0.1) is 0 Å². The number of phenolic OH excluding ortho intramolecular Hbond substituents is 1. The summed E-state index contributed by atoms with van der Waals surface area (Å²) in [4.78, 5) is 16.3. The topological polar surface area (TPSA) is 80.3 Å². The van der Waals surface area contributed by atoms with Crippen molar-refractivity contribution in [3.05, 3.63) is 60.3 Å². The van der Waals surface area contributed by atoms with Crippen LogP contribution >= 0.6 is 11.8 Å². The maximum Gasteiger partial charge on any atom is 0.291 e. The molecule has 0 aliphatic carbocycles. The number of aryl methyl sites for hydroxylation is 1. The number of phenols is 1. The molecule has 3 rings (SSSR count). The third-order valence-corrected chi connectivity index (χ3v) is 4.24. The number of imidazole rings is 1. The van der Waals surface area contributed by atoms with Crippen LogP contribution in [-0.2, 0) is 12.8 Å². The minimum atomic E-state index is -0.403. The zero-order valence-corrected chi connectivity index (χ0v) is 13.2. The van der Waals surface area contributed by atoms with Gasteiger partial charge >= 0.3 is 0 Å². The van der Waals surface area contributed by atoms with Crippen molar-refractivity contribution >= 4 is 23.4 Å². The van der Waals surface area contributed by atoms with E-state index in [4.69, 9.17) is 4.42 Å². The first-order valence-corrected chi connectivity index (χ1v) is 7.90. The normalized spacial score (nSPS) is 10.7. The number of para-hydroxylation sites is 2. The smallest absolute Gasteiger partial charge is 0.291 e. The quantitative estimate of drug-likeness (QED) is 0.555. The summed E-state index contributed by atoms with van der Waals surface area (Å²) >= 11 is 1.52. The minimum Gasteiger partial charge on any atom is -0.506 e. The van der Waals surface area contributed by atoms with Crippen molar-refractivity contribution in [2.24, 2.45) is 7.05 Å². The van der Waals surface area contributed by atoms with Crippen LogP contribution in [0.2, 0.25) is 0 Å². The van der Waals surface area contributed by atoms with Crippen LogP contribution < -0.4 is 5.32 Å². The number of benzene rings is 1. The third-order valence-electron chi connectivity index (χ3n) is 3.16. The van der Waals surface area contributed by atoms with Gasteiger partial charge in [0, 0.05) is 19.4 Å². The number of nitrogens with zero attached hydrogens (tertiary/aromatic N) is 2. The predicted octanol–water partition coefficient (Wildman–Crippen LogP) is 3.26. The molecule has 118 valence electrons. The Bertz CT molecular complexity index is 825. The highest BCUT2D eigenvalue weighted by molar-refractivity contribution is 7.98. The van der Waals surface area contributed by atoms with Crippen LogP contribution in [0.15, 0.2) is 58.4 Å². The van der Waals surface area contributed by atoms with Crippen molar-refractivity contribution < 1.29 is 14.3 Å².